The topological polar surface area (TPSA) is 62.2 Å². The number of nitrogens with zero attached hydrogens (tertiary/aromatic N) is 1. The van der Waals surface area contributed by atoms with Crippen molar-refractivity contribution in [2.45, 2.75) is 6.92 Å². The Hall–Kier alpha value is -2.20. The molecule has 98 valence electrons. The van der Waals surface area contributed by atoms with Crippen molar-refractivity contribution in [1.82, 2.24) is 10.3 Å². The fourth-order valence-corrected chi connectivity index (χ4v) is 1.76. The van der Waals surface area contributed by atoms with Crippen LogP contribution in [0.15, 0.2) is 42.6 Å². The number of rotatable bonds is 4. The molecule has 4 nitrogen and oxygen atoms in total. The minimum Gasteiger partial charge on any atom is -0.395 e. The van der Waals surface area contributed by atoms with Crippen LogP contribution in [0.1, 0.15) is 15.9 Å². The Balaban J connectivity index is 2.16. The first-order valence-electron chi connectivity index (χ1n) is 6.13. The van der Waals surface area contributed by atoms with Gasteiger partial charge in [0, 0.05) is 23.9 Å². The Kier molecular flexibility index (Phi) is 4.26. The minimum atomic E-state index is -0.183. The second kappa shape index (κ2) is 6.11. The van der Waals surface area contributed by atoms with Crippen LogP contribution in [0, 0.1) is 6.92 Å². The van der Waals surface area contributed by atoms with E-state index in [-0.39, 0.29) is 19.1 Å². The van der Waals surface area contributed by atoms with Crippen molar-refractivity contribution in [2.24, 2.45) is 0 Å². The van der Waals surface area contributed by atoms with Crippen LogP contribution in [0.5, 0.6) is 0 Å². The number of hydrogen-bond acceptors (Lipinski definition) is 3. The molecule has 2 aromatic rings. The molecular weight excluding hydrogens is 240 g/mol. The summed E-state index contributed by atoms with van der Waals surface area (Å²) < 4.78 is 0. The molecule has 1 amide bonds. The molecule has 0 fully saturated rings. The molecule has 1 aromatic heterocycles. The smallest absolute Gasteiger partial charge is 0.251 e. The number of aromatic nitrogens is 1. The van der Waals surface area contributed by atoms with Gasteiger partial charge in [0.05, 0.1) is 12.3 Å². The van der Waals surface area contributed by atoms with E-state index in [1.54, 1.807) is 18.3 Å². The lowest BCUT2D eigenvalue weighted by atomic mass is 10.1. The van der Waals surface area contributed by atoms with E-state index < -0.39 is 0 Å². The number of carbonyl (C=O) groups excluding carboxylic acids is 1. The van der Waals surface area contributed by atoms with Gasteiger partial charge in [0.15, 0.2) is 0 Å². The summed E-state index contributed by atoms with van der Waals surface area (Å²) in [5.74, 6) is -0.183. The van der Waals surface area contributed by atoms with Crippen molar-refractivity contribution >= 4 is 5.91 Å². The number of pyridine rings is 1. The monoisotopic (exact) mass is 256 g/mol. The highest BCUT2D eigenvalue weighted by atomic mass is 16.3. The highest BCUT2D eigenvalue weighted by molar-refractivity contribution is 5.94. The molecule has 4 heteroatoms. The van der Waals surface area contributed by atoms with Gasteiger partial charge in [-0.05, 0) is 36.8 Å². The average Bonchev–Trinajstić information content (AvgIpc) is 2.45. The minimum absolute atomic E-state index is 0.0585. The van der Waals surface area contributed by atoms with E-state index in [1.165, 1.54) is 0 Å². The number of carbonyl (C=O) groups is 1. The van der Waals surface area contributed by atoms with E-state index in [1.807, 2.05) is 31.2 Å². The fraction of sp³-hybridized carbons (Fsp3) is 0.200. The standard InChI is InChI=1S/C15H16N2O2/c1-11-6-7-16-14(10-11)12-2-4-13(5-3-12)15(19)17-8-9-18/h2-7,10,18H,8-9H2,1H3,(H,17,19). The van der Waals surface area contributed by atoms with Crippen LogP contribution >= 0.6 is 0 Å². The quantitative estimate of drug-likeness (QED) is 0.876. The van der Waals surface area contributed by atoms with Crippen molar-refractivity contribution in [3.63, 3.8) is 0 Å². The highest BCUT2D eigenvalue weighted by Gasteiger charge is 2.05. The molecule has 0 unspecified atom stereocenters. The first kappa shape index (κ1) is 13.2. The maximum absolute atomic E-state index is 11.7. The molecule has 0 saturated carbocycles. The summed E-state index contributed by atoms with van der Waals surface area (Å²) in [6, 6.07) is 11.2. The zero-order valence-corrected chi connectivity index (χ0v) is 10.8. The number of aliphatic hydroxyl groups is 1. The maximum Gasteiger partial charge on any atom is 0.251 e. The average molecular weight is 256 g/mol. The number of aryl methyl sites for hydroxylation is 1. The number of benzene rings is 1. The third-order valence-corrected chi connectivity index (χ3v) is 2.76. The maximum atomic E-state index is 11.7. The Morgan fingerprint density at radius 1 is 1.26 bits per heavy atom. The normalized spacial score (nSPS) is 10.2. The van der Waals surface area contributed by atoms with Gasteiger partial charge in [-0.2, -0.15) is 0 Å². The Morgan fingerprint density at radius 3 is 2.63 bits per heavy atom. The predicted octanol–water partition coefficient (Wildman–Crippen LogP) is 1.78. The number of nitrogens with one attached hydrogen (secondary N) is 1. The summed E-state index contributed by atoms with van der Waals surface area (Å²) in [6.07, 6.45) is 1.77. The van der Waals surface area contributed by atoms with E-state index >= 15 is 0 Å². The number of hydrogen-bond donors (Lipinski definition) is 2. The summed E-state index contributed by atoms with van der Waals surface area (Å²) in [7, 11) is 0. The Labute approximate surface area is 112 Å². The summed E-state index contributed by atoms with van der Waals surface area (Å²) in [5, 5.41) is 11.3. The SMILES string of the molecule is Cc1ccnc(-c2ccc(C(=O)NCCO)cc2)c1. The number of aliphatic hydroxyl groups excluding tert-OH is 1. The first-order chi connectivity index (χ1) is 9.20. The third kappa shape index (κ3) is 3.39. The molecule has 0 bridgehead atoms. The molecule has 0 atom stereocenters. The molecule has 19 heavy (non-hydrogen) atoms. The third-order valence-electron chi connectivity index (χ3n) is 2.76. The van der Waals surface area contributed by atoms with E-state index in [2.05, 4.69) is 10.3 Å². The molecule has 0 aliphatic carbocycles. The van der Waals surface area contributed by atoms with Crippen molar-refractivity contribution in [2.75, 3.05) is 13.2 Å². The summed E-state index contributed by atoms with van der Waals surface area (Å²) in [6.45, 7) is 2.22. The fourth-order valence-electron chi connectivity index (χ4n) is 1.76. The van der Waals surface area contributed by atoms with Crippen LogP contribution < -0.4 is 5.32 Å². The van der Waals surface area contributed by atoms with Gasteiger partial charge in [0.2, 0.25) is 0 Å². The zero-order chi connectivity index (χ0) is 13.7. The van der Waals surface area contributed by atoms with Crippen molar-refractivity contribution in [3.8, 4) is 11.3 Å². The second-order valence-corrected chi connectivity index (χ2v) is 4.28. The molecule has 1 aromatic carbocycles. The van der Waals surface area contributed by atoms with E-state index in [0.29, 0.717) is 5.56 Å². The van der Waals surface area contributed by atoms with Gasteiger partial charge in [-0.1, -0.05) is 12.1 Å². The van der Waals surface area contributed by atoms with Gasteiger partial charge < -0.3 is 10.4 Å². The molecule has 0 radical (unpaired) electrons. The summed E-state index contributed by atoms with van der Waals surface area (Å²) >= 11 is 0. The summed E-state index contributed by atoms with van der Waals surface area (Å²) in [4.78, 5) is 16.0. The first-order valence-corrected chi connectivity index (χ1v) is 6.13. The lowest BCUT2D eigenvalue weighted by molar-refractivity contribution is 0.0945. The largest absolute Gasteiger partial charge is 0.395 e. The van der Waals surface area contributed by atoms with Crippen LogP contribution in [0.3, 0.4) is 0 Å². The Bertz CT molecular complexity index is 565. The Morgan fingerprint density at radius 2 is 2.00 bits per heavy atom. The van der Waals surface area contributed by atoms with Crippen LogP contribution in [-0.4, -0.2) is 29.1 Å². The lowest BCUT2D eigenvalue weighted by Gasteiger charge is -2.05. The van der Waals surface area contributed by atoms with E-state index in [9.17, 15) is 4.79 Å². The van der Waals surface area contributed by atoms with Crippen molar-refractivity contribution in [3.05, 3.63) is 53.7 Å². The number of amides is 1. The van der Waals surface area contributed by atoms with Crippen molar-refractivity contribution in [1.29, 1.82) is 0 Å². The van der Waals surface area contributed by atoms with Gasteiger partial charge >= 0.3 is 0 Å². The molecule has 0 aliphatic rings. The van der Waals surface area contributed by atoms with Gasteiger partial charge in [0.1, 0.15) is 0 Å². The van der Waals surface area contributed by atoms with E-state index in [4.69, 9.17) is 5.11 Å². The zero-order valence-electron chi connectivity index (χ0n) is 10.8. The predicted molar refractivity (Wildman–Crippen MR) is 73.8 cm³/mol. The van der Waals surface area contributed by atoms with E-state index in [0.717, 1.165) is 16.8 Å². The molecular formula is C15H16N2O2. The molecule has 2 N–H and O–H groups in total. The van der Waals surface area contributed by atoms with Gasteiger partial charge in [-0.25, -0.2) is 0 Å². The van der Waals surface area contributed by atoms with Crippen LogP contribution in [0.2, 0.25) is 0 Å². The molecule has 0 spiro atoms. The van der Waals surface area contributed by atoms with Crippen LogP contribution in [0.25, 0.3) is 11.3 Å². The van der Waals surface area contributed by atoms with Gasteiger partial charge in [-0.3, -0.25) is 9.78 Å². The van der Waals surface area contributed by atoms with Crippen LogP contribution in [0.4, 0.5) is 0 Å². The highest BCUT2D eigenvalue weighted by Crippen LogP contribution is 2.18. The molecule has 2 rings (SSSR count). The molecule has 1 heterocycles. The van der Waals surface area contributed by atoms with Gasteiger partial charge in [0.25, 0.3) is 5.91 Å². The molecule has 0 aliphatic heterocycles. The molecule has 0 saturated heterocycles. The van der Waals surface area contributed by atoms with Crippen LogP contribution in [-0.2, 0) is 0 Å². The second-order valence-electron chi connectivity index (χ2n) is 4.28. The summed E-state index contributed by atoms with van der Waals surface area (Å²) in [5.41, 5.74) is 3.59. The lowest BCUT2D eigenvalue weighted by Crippen LogP contribution is -2.26. The van der Waals surface area contributed by atoms with Crippen molar-refractivity contribution < 1.29 is 9.90 Å². The van der Waals surface area contributed by atoms with Gasteiger partial charge in [-0.15, -0.1) is 0 Å².